The van der Waals surface area contributed by atoms with Gasteiger partial charge in [0.25, 0.3) is 5.91 Å². The zero-order valence-corrected chi connectivity index (χ0v) is 26.7. The molecule has 0 radical (unpaired) electrons. The topological polar surface area (TPSA) is 164 Å². The Labute approximate surface area is 281 Å². The minimum absolute atomic E-state index is 0.0238. The number of carbonyl (C=O) groups is 5. The Bertz CT molecular complexity index is 1650. The van der Waals surface area contributed by atoms with Crippen LogP contribution in [0, 0.1) is 0 Å². The number of halogens is 2. The van der Waals surface area contributed by atoms with Crippen molar-refractivity contribution in [2.45, 2.75) is 62.9 Å². The molecule has 0 saturated heterocycles. The van der Waals surface area contributed by atoms with Crippen molar-refractivity contribution in [3.63, 3.8) is 0 Å². The highest BCUT2D eigenvalue weighted by atomic mass is 19.3. The van der Waals surface area contributed by atoms with E-state index in [2.05, 4.69) is 31.3 Å². The number of amides is 5. The molecule has 1 saturated carbocycles. The largest absolute Gasteiger partial charge is 0.492 e. The third kappa shape index (κ3) is 9.52. The molecule has 5 N–H and O–H groups in total. The summed E-state index contributed by atoms with van der Waals surface area (Å²) in [4.78, 5) is 66.8. The average molecular weight is 678 g/mol. The molecule has 2 aliphatic heterocycles. The van der Waals surface area contributed by atoms with Crippen molar-refractivity contribution in [3.05, 3.63) is 95.6 Å². The zero-order chi connectivity index (χ0) is 35.0. The van der Waals surface area contributed by atoms with E-state index < -0.39 is 53.9 Å². The molecule has 1 fully saturated rings. The first-order valence-corrected chi connectivity index (χ1v) is 15.8. The number of ether oxygens (including phenoxy) is 2. The molecule has 6 rings (SSSR count). The number of carbonyl (C=O) groups excluding carboxylic acids is 5. The quantitative estimate of drug-likeness (QED) is 0.249. The molecule has 12 nitrogen and oxygen atoms in total. The molecule has 5 amide bonds. The molecule has 49 heavy (non-hydrogen) atoms. The molecule has 2 heterocycles. The second-order valence-corrected chi connectivity index (χ2v) is 11.9. The fourth-order valence-electron chi connectivity index (χ4n) is 5.29. The minimum Gasteiger partial charge on any atom is -0.492 e. The van der Waals surface area contributed by atoms with Gasteiger partial charge in [0.05, 0.1) is 6.54 Å². The number of alkyl halides is 2. The molecular formula is C35H37F2N5O7. The first kappa shape index (κ1) is 34.8. The molecule has 3 aliphatic rings. The van der Waals surface area contributed by atoms with Crippen LogP contribution in [0.1, 0.15) is 41.3 Å². The van der Waals surface area contributed by atoms with E-state index >= 15 is 0 Å². The van der Waals surface area contributed by atoms with Gasteiger partial charge in [0, 0.05) is 18.4 Å². The molecule has 0 aromatic heterocycles. The van der Waals surface area contributed by atoms with Gasteiger partial charge in [-0.1, -0.05) is 42.5 Å². The Morgan fingerprint density at radius 1 is 0.918 bits per heavy atom. The summed E-state index contributed by atoms with van der Waals surface area (Å²) in [6, 6.07) is 17.4. The maximum absolute atomic E-state index is 13.6. The SMILES string of the molecule is C[C@@H]1NC(=O)[C@@H](NC(=O)c2ccc(OC(F)F)cc2)Cc2ccc(cc2)OCCNC(=O)C2(CC2)NC(=O)[C@@H](Cc2ccccc2)NC1=O. The van der Waals surface area contributed by atoms with E-state index in [1.807, 2.05) is 6.07 Å². The maximum Gasteiger partial charge on any atom is 0.387 e. The number of hydrogen-bond donors (Lipinski definition) is 5. The van der Waals surface area contributed by atoms with E-state index in [-0.39, 0.29) is 43.2 Å². The van der Waals surface area contributed by atoms with E-state index in [1.165, 1.54) is 31.2 Å². The van der Waals surface area contributed by atoms with Gasteiger partial charge in [0.15, 0.2) is 0 Å². The Kier molecular flexibility index (Phi) is 11.1. The summed E-state index contributed by atoms with van der Waals surface area (Å²) in [6.45, 7) is -1.25. The van der Waals surface area contributed by atoms with Crippen molar-refractivity contribution >= 4 is 29.5 Å². The molecular weight excluding hydrogens is 640 g/mol. The van der Waals surface area contributed by atoms with Gasteiger partial charge >= 0.3 is 6.61 Å². The summed E-state index contributed by atoms with van der Waals surface area (Å²) >= 11 is 0. The molecule has 3 aromatic carbocycles. The van der Waals surface area contributed by atoms with Crippen molar-refractivity contribution < 1.29 is 42.2 Å². The Morgan fingerprint density at radius 2 is 1.61 bits per heavy atom. The first-order valence-electron chi connectivity index (χ1n) is 15.8. The van der Waals surface area contributed by atoms with Crippen LogP contribution in [0.15, 0.2) is 78.9 Å². The monoisotopic (exact) mass is 677 g/mol. The van der Waals surface area contributed by atoms with Crippen molar-refractivity contribution in [2.24, 2.45) is 0 Å². The highest BCUT2D eigenvalue weighted by Crippen LogP contribution is 2.35. The number of hydrogen-bond acceptors (Lipinski definition) is 7. The van der Waals surface area contributed by atoms with Gasteiger partial charge in [-0.15, -0.1) is 0 Å². The molecule has 14 heteroatoms. The van der Waals surface area contributed by atoms with Crippen LogP contribution >= 0.6 is 0 Å². The number of fused-ring (bicyclic) bond motifs is 15. The highest BCUT2D eigenvalue weighted by Gasteiger charge is 2.51. The Hall–Kier alpha value is -5.53. The summed E-state index contributed by atoms with van der Waals surface area (Å²) in [7, 11) is 0. The van der Waals surface area contributed by atoms with Crippen LogP contribution < -0.4 is 36.1 Å². The van der Waals surface area contributed by atoms with Gasteiger partial charge in [-0.2, -0.15) is 8.78 Å². The summed E-state index contributed by atoms with van der Waals surface area (Å²) < 4.78 is 35.2. The van der Waals surface area contributed by atoms with Crippen molar-refractivity contribution in [3.8, 4) is 11.5 Å². The standard InChI is InChI=1S/C35H37F2N5O7/c1-21-29(43)40-28(19-22-5-3-2-4-6-22)32(46)42-35(15-16-35)33(47)38-17-18-48-25-11-7-23(8-12-25)20-27(31(45)39-21)41-30(44)24-9-13-26(14-10-24)49-34(36)37/h2-14,21,27-28,34H,15-20H2,1H3,(H,38,47)(H,39,45)(H,40,43)(H,41,44)(H,42,46)/t21-,27-,28+/m0/s1. The minimum atomic E-state index is -3.03. The normalized spacial score (nSPS) is 21.4. The molecule has 1 aliphatic carbocycles. The molecule has 3 aromatic rings. The fourth-order valence-corrected chi connectivity index (χ4v) is 5.29. The van der Waals surface area contributed by atoms with Crippen LogP contribution in [0.4, 0.5) is 8.78 Å². The van der Waals surface area contributed by atoms with Crippen LogP contribution in [0.5, 0.6) is 11.5 Å². The Balaban J connectivity index is 1.37. The molecule has 1 spiro atoms. The Morgan fingerprint density at radius 3 is 2.27 bits per heavy atom. The number of benzene rings is 3. The van der Waals surface area contributed by atoms with Crippen molar-refractivity contribution in [1.82, 2.24) is 26.6 Å². The van der Waals surface area contributed by atoms with Gasteiger partial charge in [-0.05, 0) is 67.3 Å². The highest BCUT2D eigenvalue weighted by molar-refractivity contribution is 5.99. The lowest BCUT2D eigenvalue weighted by Crippen LogP contribution is -2.59. The van der Waals surface area contributed by atoms with Crippen molar-refractivity contribution in [1.29, 1.82) is 0 Å². The summed E-state index contributed by atoms with van der Waals surface area (Å²) in [5.74, 6) is -2.52. The van der Waals surface area contributed by atoms with E-state index in [0.29, 0.717) is 24.2 Å². The summed E-state index contributed by atoms with van der Waals surface area (Å²) in [5.41, 5.74) is 0.415. The fraction of sp³-hybridized carbons (Fsp3) is 0.343. The second-order valence-electron chi connectivity index (χ2n) is 11.9. The summed E-state index contributed by atoms with van der Waals surface area (Å²) in [6.07, 6.45) is 1.02. The van der Waals surface area contributed by atoms with E-state index in [0.717, 1.165) is 5.56 Å². The molecule has 3 atom stereocenters. The predicted octanol–water partition coefficient (Wildman–Crippen LogP) is 2.02. The zero-order valence-electron chi connectivity index (χ0n) is 26.7. The van der Waals surface area contributed by atoms with Gasteiger partial charge in [-0.25, -0.2) is 0 Å². The van der Waals surface area contributed by atoms with Gasteiger partial charge < -0.3 is 36.1 Å². The predicted molar refractivity (Wildman–Crippen MR) is 173 cm³/mol. The lowest BCUT2D eigenvalue weighted by molar-refractivity contribution is -0.134. The van der Waals surface area contributed by atoms with E-state index in [4.69, 9.17) is 4.74 Å². The lowest BCUT2D eigenvalue weighted by Gasteiger charge is -2.25. The van der Waals surface area contributed by atoms with Crippen LogP contribution in [0.3, 0.4) is 0 Å². The van der Waals surface area contributed by atoms with E-state index in [9.17, 15) is 32.8 Å². The van der Waals surface area contributed by atoms with Gasteiger partial charge in [0.1, 0.15) is 41.8 Å². The van der Waals surface area contributed by atoms with Crippen LogP contribution in [0.25, 0.3) is 0 Å². The number of nitrogens with one attached hydrogen (secondary N) is 5. The summed E-state index contributed by atoms with van der Waals surface area (Å²) in [5, 5.41) is 13.6. The second kappa shape index (κ2) is 15.6. The lowest BCUT2D eigenvalue weighted by atomic mass is 10.0. The number of rotatable bonds is 6. The maximum atomic E-state index is 13.6. The average Bonchev–Trinajstić information content (AvgIpc) is 3.87. The third-order valence-electron chi connectivity index (χ3n) is 8.20. The van der Waals surface area contributed by atoms with Gasteiger partial charge in [0.2, 0.25) is 23.6 Å². The van der Waals surface area contributed by atoms with Crippen LogP contribution in [-0.4, -0.2) is 73.0 Å². The first-order chi connectivity index (χ1) is 23.5. The molecule has 0 unspecified atom stereocenters. The molecule has 2 bridgehead atoms. The van der Waals surface area contributed by atoms with Gasteiger partial charge in [-0.3, -0.25) is 24.0 Å². The van der Waals surface area contributed by atoms with E-state index in [1.54, 1.807) is 48.5 Å². The smallest absolute Gasteiger partial charge is 0.387 e. The molecule has 258 valence electrons. The van der Waals surface area contributed by atoms with Crippen LogP contribution in [-0.2, 0) is 32.0 Å². The van der Waals surface area contributed by atoms with Crippen LogP contribution in [0.2, 0.25) is 0 Å². The van der Waals surface area contributed by atoms with Crippen molar-refractivity contribution in [2.75, 3.05) is 13.2 Å². The third-order valence-corrected chi connectivity index (χ3v) is 8.20.